The third-order valence-corrected chi connectivity index (χ3v) is 14.0. The fourth-order valence-electron chi connectivity index (χ4n) is 11.2. The first-order valence-electron chi connectivity index (χ1n) is 23.2. The maximum absolute atomic E-state index is 2.46. The molecule has 1 spiro atoms. The average Bonchev–Trinajstić information content (AvgIpc) is 4.01. The Balaban J connectivity index is 0.902. The maximum Gasteiger partial charge on any atom is 0.0726 e. The molecule has 0 radical (unpaired) electrons. The van der Waals surface area contributed by atoms with Gasteiger partial charge in [-0.1, -0.05) is 206 Å². The van der Waals surface area contributed by atoms with E-state index in [9.17, 15) is 0 Å². The molecule has 1 heterocycles. The number of aromatic nitrogens is 1. The topological polar surface area (TPSA) is 8.17 Å². The number of benzene rings is 10. The van der Waals surface area contributed by atoms with E-state index < -0.39 is 5.41 Å². The quantitative estimate of drug-likeness (QED) is 0.138. The standard InChI is InChI=1S/C65H44N2/c1-5-19-47(20-6-1)63-57-43-46(37-42-62(57)67(50-25-11-4-12-26-50)64(63)48-21-7-2-8-22-48)34-33-45-35-38-51(39-36-45)66(49-23-9-3-10-24-49)52-40-41-56-55-29-15-18-32-60(55)65(61(56)44-52)58-30-16-13-27-53(58)54-28-14-17-31-59(54)65/h1-44H/b34-33+. The summed E-state index contributed by atoms with van der Waals surface area (Å²) in [5, 5.41) is 1.22. The Hall–Kier alpha value is -8.72. The largest absolute Gasteiger partial charge is 0.310 e. The summed E-state index contributed by atoms with van der Waals surface area (Å²) in [7, 11) is 0. The molecule has 0 unspecified atom stereocenters. The fraction of sp³-hybridized carbons (Fsp3) is 0.0154. The molecule has 314 valence electrons. The molecule has 0 amide bonds. The van der Waals surface area contributed by atoms with E-state index >= 15 is 0 Å². The van der Waals surface area contributed by atoms with Crippen LogP contribution in [0.4, 0.5) is 17.1 Å². The summed E-state index contributed by atoms with van der Waals surface area (Å²) < 4.78 is 2.42. The SMILES string of the molecule is C(=C\c1ccc2c(c1)c(-c1ccccc1)c(-c1ccccc1)n2-c1ccccc1)/c1ccc(N(c2ccccc2)c2ccc3c(c2)C2(c4ccccc4-c4ccccc42)c2ccccc2-3)cc1. The zero-order valence-electron chi connectivity index (χ0n) is 36.8. The molecule has 0 bridgehead atoms. The molecule has 0 saturated heterocycles. The summed E-state index contributed by atoms with van der Waals surface area (Å²) in [5.41, 5.74) is 22.9. The van der Waals surface area contributed by atoms with Gasteiger partial charge in [0.15, 0.2) is 0 Å². The maximum atomic E-state index is 2.46. The summed E-state index contributed by atoms with van der Waals surface area (Å²) in [5.74, 6) is 0. The van der Waals surface area contributed by atoms with E-state index in [0.29, 0.717) is 0 Å². The summed E-state index contributed by atoms with van der Waals surface area (Å²) in [6, 6.07) is 93.1. The second kappa shape index (κ2) is 15.8. The molecule has 0 aliphatic heterocycles. The summed E-state index contributed by atoms with van der Waals surface area (Å²) >= 11 is 0. The zero-order chi connectivity index (χ0) is 44.3. The van der Waals surface area contributed by atoms with Crippen molar-refractivity contribution < 1.29 is 0 Å². The second-order valence-electron chi connectivity index (χ2n) is 17.6. The van der Waals surface area contributed by atoms with Gasteiger partial charge in [-0.3, -0.25) is 0 Å². The lowest BCUT2D eigenvalue weighted by Crippen LogP contribution is -2.26. The minimum Gasteiger partial charge on any atom is -0.310 e. The first-order chi connectivity index (χ1) is 33.3. The molecule has 10 aromatic carbocycles. The van der Waals surface area contributed by atoms with E-state index in [2.05, 4.69) is 276 Å². The summed E-state index contributed by atoms with van der Waals surface area (Å²) in [6.07, 6.45) is 4.48. The Morgan fingerprint density at radius 1 is 0.343 bits per heavy atom. The highest BCUT2D eigenvalue weighted by molar-refractivity contribution is 6.07. The van der Waals surface area contributed by atoms with Crippen molar-refractivity contribution in [3.8, 4) is 50.3 Å². The minimum atomic E-state index is -0.412. The van der Waals surface area contributed by atoms with Crippen LogP contribution in [0.3, 0.4) is 0 Å². The van der Waals surface area contributed by atoms with Crippen molar-refractivity contribution in [1.29, 1.82) is 0 Å². The Labute approximate surface area is 391 Å². The van der Waals surface area contributed by atoms with Gasteiger partial charge in [0.05, 0.1) is 16.6 Å². The number of nitrogens with zero attached hydrogens (tertiary/aromatic N) is 2. The second-order valence-corrected chi connectivity index (χ2v) is 17.6. The predicted molar refractivity (Wildman–Crippen MR) is 280 cm³/mol. The molecule has 11 aromatic rings. The number of hydrogen-bond donors (Lipinski definition) is 0. The van der Waals surface area contributed by atoms with Gasteiger partial charge in [0.1, 0.15) is 0 Å². The van der Waals surface area contributed by atoms with E-state index in [-0.39, 0.29) is 0 Å². The van der Waals surface area contributed by atoms with E-state index in [1.165, 1.54) is 77.8 Å². The molecule has 2 nitrogen and oxygen atoms in total. The smallest absolute Gasteiger partial charge is 0.0726 e. The highest BCUT2D eigenvalue weighted by Gasteiger charge is 2.51. The van der Waals surface area contributed by atoms with E-state index in [0.717, 1.165) is 33.9 Å². The van der Waals surface area contributed by atoms with Crippen LogP contribution in [0.2, 0.25) is 0 Å². The van der Waals surface area contributed by atoms with Gasteiger partial charge in [0.2, 0.25) is 0 Å². The molecule has 67 heavy (non-hydrogen) atoms. The van der Waals surface area contributed by atoms with Gasteiger partial charge in [-0.15, -0.1) is 0 Å². The van der Waals surface area contributed by atoms with Crippen LogP contribution in [0, 0.1) is 0 Å². The highest BCUT2D eigenvalue weighted by atomic mass is 15.1. The van der Waals surface area contributed by atoms with Crippen LogP contribution < -0.4 is 4.90 Å². The molecule has 0 atom stereocenters. The van der Waals surface area contributed by atoms with Crippen molar-refractivity contribution in [2.75, 3.05) is 4.90 Å². The van der Waals surface area contributed by atoms with Crippen molar-refractivity contribution in [3.05, 3.63) is 288 Å². The number of para-hydroxylation sites is 2. The van der Waals surface area contributed by atoms with Gasteiger partial charge in [-0.05, 0) is 127 Å². The van der Waals surface area contributed by atoms with Gasteiger partial charge in [0, 0.05) is 33.7 Å². The lowest BCUT2D eigenvalue weighted by molar-refractivity contribution is 0.793. The van der Waals surface area contributed by atoms with Gasteiger partial charge in [0.25, 0.3) is 0 Å². The Morgan fingerprint density at radius 3 is 1.42 bits per heavy atom. The van der Waals surface area contributed by atoms with Crippen molar-refractivity contribution in [2.24, 2.45) is 0 Å². The van der Waals surface area contributed by atoms with Crippen LogP contribution in [0.15, 0.2) is 255 Å². The van der Waals surface area contributed by atoms with Crippen LogP contribution in [-0.2, 0) is 5.41 Å². The molecule has 1 aromatic heterocycles. The molecule has 2 aliphatic rings. The number of fused-ring (bicyclic) bond motifs is 11. The van der Waals surface area contributed by atoms with Crippen LogP contribution in [0.5, 0.6) is 0 Å². The van der Waals surface area contributed by atoms with Crippen molar-refractivity contribution in [3.63, 3.8) is 0 Å². The van der Waals surface area contributed by atoms with Crippen LogP contribution in [0.1, 0.15) is 33.4 Å². The monoisotopic (exact) mass is 852 g/mol. The molecule has 0 N–H and O–H groups in total. The lowest BCUT2D eigenvalue weighted by atomic mass is 9.70. The van der Waals surface area contributed by atoms with E-state index in [1.54, 1.807) is 0 Å². The number of anilines is 3. The Morgan fingerprint density at radius 2 is 0.806 bits per heavy atom. The normalized spacial score (nSPS) is 12.8. The first-order valence-corrected chi connectivity index (χ1v) is 23.2. The predicted octanol–water partition coefficient (Wildman–Crippen LogP) is 16.9. The molecule has 2 aliphatic carbocycles. The van der Waals surface area contributed by atoms with E-state index in [4.69, 9.17) is 0 Å². The molecular weight excluding hydrogens is 809 g/mol. The van der Waals surface area contributed by atoms with Crippen molar-refractivity contribution >= 4 is 40.1 Å². The first kappa shape index (κ1) is 38.7. The Kier molecular flexibility index (Phi) is 9.11. The van der Waals surface area contributed by atoms with Crippen LogP contribution in [0.25, 0.3) is 73.4 Å². The van der Waals surface area contributed by atoms with Crippen LogP contribution in [-0.4, -0.2) is 4.57 Å². The van der Waals surface area contributed by atoms with E-state index in [1.807, 2.05) is 0 Å². The zero-order valence-corrected chi connectivity index (χ0v) is 36.8. The highest BCUT2D eigenvalue weighted by Crippen LogP contribution is 2.63. The average molecular weight is 853 g/mol. The molecular formula is C65H44N2. The lowest BCUT2D eigenvalue weighted by Gasteiger charge is -2.32. The van der Waals surface area contributed by atoms with Gasteiger partial charge in [-0.25, -0.2) is 0 Å². The minimum absolute atomic E-state index is 0.412. The Bertz CT molecular complexity index is 3600. The number of rotatable bonds is 8. The molecule has 13 rings (SSSR count). The summed E-state index contributed by atoms with van der Waals surface area (Å²) in [4.78, 5) is 2.40. The van der Waals surface area contributed by atoms with Crippen molar-refractivity contribution in [1.82, 2.24) is 4.57 Å². The fourth-order valence-corrected chi connectivity index (χ4v) is 11.2. The third kappa shape index (κ3) is 6.11. The van der Waals surface area contributed by atoms with Crippen molar-refractivity contribution in [2.45, 2.75) is 5.41 Å². The summed E-state index contributed by atoms with van der Waals surface area (Å²) in [6.45, 7) is 0. The third-order valence-electron chi connectivity index (χ3n) is 14.0. The molecule has 0 saturated carbocycles. The van der Waals surface area contributed by atoms with Gasteiger partial charge in [-0.2, -0.15) is 0 Å². The number of hydrogen-bond acceptors (Lipinski definition) is 1. The molecule has 0 fully saturated rings. The van der Waals surface area contributed by atoms with Gasteiger partial charge >= 0.3 is 0 Å². The van der Waals surface area contributed by atoms with Crippen LogP contribution >= 0.6 is 0 Å². The van der Waals surface area contributed by atoms with Gasteiger partial charge < -0.3 is 9.47 Å². The molecule has 2 heteroatoms.